The average molecular weight is 565 g/mol. The summed E-state index contributed by atoms with van der Waals surface area (Å²) in [4.78, 5) is 50.0. The minimum absolute atomic E-state index is 0.0661. The van der Waals surface area contributed by atoms with Crippen LogP contribution < -0.4 is 16.0 Å². The molecule has 0 unspecified atom stereocenters. The lowest BCUT2D eigenvalue weighted by atomic mass is 9.86. The second kappa shape index (κ2) is 10.0. The lowest BCUT2D eigenvalue weighted by Crippen LogP contribution is -2.25. The Hall–Kier alpha value is -4.59. The summed E-state index contributed by atoms with van der Waals surface area (Å²) in [6, 6.07) is 0. The SMILES string of the molecule is C=Cc1c2[nH]c(c1C)/C=C1/N/C(=C3\c4[nH]c(c(C)c4C(=O)[C@@H]3C(=O)OC)/C=c3\[nH]/c(c(C=O)c3CC)=C\2)[C@@H](CC)[C@@H]1C. The third-order valence-electron chi connectivity index (χ3n) is 9.40. The van der Waals surface area contributed by atoms with E-state index in [1.807, 2.05) is 39.0 Å². The van der Waals surface area contributed by atoms with Crippen molar-refractivity contribution in [1.82, 2.24) is 20.3 Å². The molecule has 1 aliphatic carbocycles. The number of fused-ring (bicyclic) bond motifs is 7. The van der Waals surface area contributed by atoms with E-state index in [1.54, 1.807) is 0 Å². The van der Waals surface area contributed by atoms with Crippen molar-refractivity contribution in [2.45, 2.75) is 47.5 Å². The van der Waals surface area contributed by atoms with Gasteiger partial charge in [0.1, 0.15) is 5.92 Å². The number of hydrogen-bond acceptors (Lipinski definition) is 5. The molecule has 8 nitrogen and oxygen atoms in total. The van der Waals surface area contributed by atoms with Gasteiger partial charge in [-0.15, -0.1) is 0 Å². The van der Waals surface area contributed by atoms with Crippen LogP contribution in [0.3, 0.4) is 0 Å². The number of ketones is 1. The van der Waals surface area contributed by atoms with Gasteiger partial charge in [0.05, 0.1) is 18.2 Å². The maximum Gasteiger partial charge on any atom is 0.321 e. The number of nitrogens with one attached hydrogen (secondary N) is 4. The summed E-state index contributed by atoms with van der Waals surface area (Å²) in [5.41, 5.74) is 10.4. The normalized spacial score (nSPS) is 25.1. The van der Waals surface area contributed by atoms with Gasteiger partial charge in [0.25, 0.3) is 0 Å². The van der Waals surface area contributed by atoms with Crippen LogP contribution >= 0.6 is 0 Å². The summed E-state index contributed by atoms with van der Waals surface area (Å²) in [6.07, 6.45) is 10.2. The quantitative estimate of drug-likeness (QED) is 0.210. The number of allylic oxidation sites excluding steroid dienone is 2. The van der Waals surface area contributed by atoms with Crippen molar-refractivity contribution in [1.29, 1.82) is 0 Å². The van der Waals surface area contributed by atoms with E-state index in [1.165, 1.54) is 7.11 Å². The summed E-state index contributed by atoms with van der Waals surface area (Å²) in [5, 5.41) is 5.14. The molecule has 0 spiro atoms. The van der Waals surface area contributed by atoms with Gasteiger partial charge in [0, 0.05) is 67.9 Å². The van der Waals surface area contributed by atoms with Crippen molar-refractivity contribution >= 4 is 47.9 Å². The number of carbonyl (C=O) groups excluding carboxylic acids is 3. The molecule has 3 aliphatic rings. The molecule has 0 radical (unpaired) electrons. The van der Waals surface area contributed by atoms with E-state index in [0.29, 0.717) is 34.2 Å². The number of rotatable bonds is 5. The van der Waals surface area contributed by atoms with Crippen LogP contribution in [0, 0.1) is 31.6 Å². The maximum absolute atomic E-state index is 13.9. The highest BCUT2D eigenvalue weighted by Crippen LogP contribution is 2.47. The number of aromatic amines is 3. The Morgan fingerprint density at radius 1 is 1.00 bits per heavy atom. The molecule has 1 fully saturated rings. The van der Waals surface area contributed by atoms with Crippen molar-refractivity contribution in [2.75, 3.05) is 7.11 Å². The largest absolute Gasteiger partial charge is 0.468 e. The van der Waals surface area contributed by atoms with E-state index in [4.69, 9.17) is 4.74 Å². The van der Waals surface area contributed by atoms with Crippen molar-refractivity contribution < 1.29 is 19.1 Å². The van der Waals surface area contributed by atoms with E-state index in [9.17, 15) is 14.4 Å². The zero-order valence-electron chi connectivity index (χ0n) is 24.9. The van der Waals surface area contributed by atoms with Crippen molar-refractivity contribution in [3.63, 3.8) is 0 Å². The monoisotopic (exact) mass is 564 g/mol. The van der Waals surface area contributed by atoms with Gasteiger partial charge >= 0.3 is 5.97 Å². The molecular weight excluding hydrogens is 528 g/mol. The summed E-state index contributed by atoms with van der Waals surface area (Å²) in [5.74, 6) is -1.70. The van der Waals surface area contributed by atoms with E-state index in [2.05, 4.69) is 46.8 Å². The smallest absolute Gasteiger partial charge is 0.321 e. The van der Waals surface area contributed by atoms with E-state index < -0.39 is 11.9 Å². The molecule has 8 heteroatoms. The fourth-order valence-corrected chi connectivity index (χ4v) is 7.11. The lowest BCUT2D eigenvalue weighted by Gasteiger charge is -2.18. The molecule has 1 saturated heterocycles. The third kappa shape index (κ3) is 3.77. The van der Waals surface area contributed by atoms with Crippen LogP contribution in [0.5, 0.6) is 0 Å². The van der Waals surface area contributed by atoms with Gasteiger partial charge in [-0.1, -0.05) is 33.4 Å². The van der Waals surface area contributed by atoms with Gasteiger partial charge in [-0.05, 0) is 61.6 Å². The highest BCUT2D eigenvalue weighted by molar-refractivity contribution is 6.24. The van der Waals surface area contributed by atoms with Crippen LogP contribution in [0.4, 0.5) is 0 Å². The average Bonchev–Trinajstić information content (AvgIpc) is 3.72. The first-order chi connectivity index (χ1) is 20.2. The van der Waals surface area contributed by atoms with E-state index in [-0.39, 0.29) is 17.6 Å². The van der Waals surface area contributed by atoms with Crippen LogP contribution in [0.2, 0.25) is 0 Å². The second-order valence-electron chi connectivity index (χ2n) is 11.4. The molecule has 0 aromatic carbocycles. The molecule has 0 saturated carbocycles. The Morgan fingerprint density at radius 3 is 2.36 bits per heavy atom. The van der Waals surface area contributed by atoms with Gasteiger partial charge in [-0.2, -0.15) is 0 Å². The molecule has 3 atom stereocenters. The zero-order chi connectivity index (χ0) is 30.0. The zero-order valence-corrected chi connectivity index (χ0v) is 24.9. The number of esters is 1. The number of carbonyl (C=O) groups is 3. The van der Waals surface area contributed by atoms with E-state index in [0.717, 1.165) is 68.8 Å². The van der Waals surface area contributed by atoms with Crippen LogP contribution in [-0.4, -0.2) is 40.1 Å². The first-order valence-electron chi connectivity index (χ1n) is 14.5. The highest BCUT2D eigenvalue weighted by Gasteiger charge is 2.48. The molecule has 5 heterocycles. The second-order valence-corrected chi connectivity index (χ2v) is 11.4. The Balaban J connectivity index is 1.77. The first-order valence-corrected chi connectivity index (χ1v) is 14.5. The topological polar surface area (TPSA) is 120 Å². The molecule has 6 rings (SSSR count). The van der Waals surface area contributed by atoms with Crippen LogP contribution in [0.15, 0.2) is 18.0 Å². The third-order valence-corrected chi connectivity index (χ3v) is 9.40. The number of aldehydes is 1. The number of H-pyrrole nitrogens is 3. The molecule has 3 aromatic heterocycles. The standard InChI is InChI=1S/C34H36N4O4/c1-8-18-15(4)22-11-23-16(5)19(9-2)31(37-23)29-30(34(41)42-7)33(40)28-17(6)24(38-32(28)29)12-26-20(10-3)21(14-39)27(36-26)13-25(18)35-22/h8,11-14,16,19,30,35-38H,1,9-10H2,2-7H3/b23-11+,26-12-,27-13-,31-29-/t16-,19-,30+/m0/s1. The Morgan fingerprint density at radius 2 is 1.71 bits per heavy atom. The number of aromatic nitrogens is 3. The highest BCUT2D eigenvalue weighted by atomic mass is 16.5. The maximum atomic E-state index is 13.9. The fourth-order valence-electron chi connectivity index (χ4n) is 7.11. The number of Topliss-reactive ketones (excluding diaryl/α,β-unsaturated/α-hetero) is 1. The molecule has 4 N–H and O–H groups in total. The Kier molecular flexibility index (Phi) is 6.60. The number of hydrogen-bond donors (Lipinski definition) is 4. The minimum Gasteiger partial charge on any atom is -0.468 e. The predicted octanol–water partition coefficient (Wildman–Crippen LogP) is 4.28. The summed E-state index contributed by atoms with van der Waals surface area (Å²) in [6.45, 7) is 14.3. The van der Waals surface area contributed by atoms with Crippen LogP contribution in [-0.2, 0) is 16.0 Å². The van der Waals surface area contributed by atoms with Gasteiger partial charge in [0.2, 0.25) is 0 Å². The van der Waals surface area contributed by atoms with Crippen LogP contribution in [0.1, 0.15) is 92.9 Å². The number of methoxy groups -OCH3 is 1. The van der Waals surface area contributed by atoms with Crippen molar-refractivity contribution in [3.05, 3.63) is 84.8 Å². The molecule has 8 bridgehead atoms. The Labute approximate surface area is 244 Å². The molecule has 3 aromatic rings. The van der Waals surface area contributed by atoms with Gasteiger partial charge in [-0.25, -0.2) is 0 Å². The van der Waals surface area contributed by atoms with Crippen LogP contribution in [0.25, 0.3) is 29.9 Å². The van der Waals surface area contributed by atoms with E-state index >= 15 is 0 Å². The van der Waals surface area contributed by atoms with Crippen molar-refractivity contribution in [2.24, 2.45) is 17.8 Å². The van der Waals surface area contributed by atoms with Gasteiger partial charge in [-0.3, -0.25) is 14.4 Å². The molecule has 0 amide bonds. The van der Waals surface area contributed by atoms with Gasteiger partial charge in [0.15, 0.2) is 12.1 Å². The fraction of sp³-hybridized carbons (Fsp3) is 0.324. The molecule has 42 heavy (non-hydrogen) atoms. The summed E-state index contributed by atoms with van der Waals surface area (Å²) < 4.78 is 5.16. The lowest BCUT2D eigenvalue weighted by molar-refractivity contribution is -0.141. The molecular formula is C34H36N4O4. The predicted molar refractivity (Wildman–Crippen MR) is 164 cm³/mol. The molecule has 216 valence electrons. The van der Waals surface area contributed by atoms with Crippen molar-refractivity contribution in [3.8, 4) is 0 Å². The number of ether oxygens (including phenoxy) is 1. The Bertz CT molecular complexity index is 1890. The molecule has 2 aliphatic heterocycles. The minimum atomic E-state index is -1.04. The summed E-state index contributed by atoms with van der Waals surface area (Å²) >= 11 is 0. The first kappa shape index (κ1) is 27.6. The van der Waals surface area contributed by atoms with Gasteiger partial charge < -0.3 is 25.0 Å². The summed E-state index contributed by atoms with van der Waals surface area (Å²) in [7, 11) is 1.32.